The number of carbonyl (C=O) groups excluding carboxylic acids is 1. The highest BCUT2D eigenvalue weighted by atomic mass is 32.1. The highest BCUT2D eigenvalue weighted by Crippen LogP contribution is 2.32. The number of nitrogens with zero attached hydrogens (tertiary/aromatic N) is 2. The first-order valence-corrected chi connectivity index (χ1v) is 14.0. The second kappa shape index (κ2) is 12.7. The van der Waals surface area contributed by atoms with Crippen molar-refractivity contribution in [2.45, 2.75) is 19.6 Å². The van der Waals surface area contributed by atoms with E-state index in [0.717, 1.165) is 16.7 Å². The van der Waals surface area contributed by atoms with Crippen molar-refractivity contribution in [2.24, 2.45) is 4.99 Å². The van der Waals surface area contributed by atoms with Gasteiger partial charge >= 0.3 is 5.97 Å². The second-order valence-electron chi connectivity index (χ2n) is 9.43. The molecule has 0 radical (unpaired) electrons. The van der Waals surface area contributed by atoms with Crippen LogP contribution in [0.1, 0.15) is 29.7 Å². The molecular weight excluding hydrogens is 552 g/mol. The number of hydrogen-bond donors (Lipinski definition) is 0. The number of carbonyl (C=O) groups is 1. The Morgan fingerprint density at radius 1 is 1.02 bits per heavy atom. The maximum absolute atomic E-state index is 13.9. The molecule has 1 aliphatic heterocycles. The van der Waals surface area contributed by atoms with Gasteiger partial charge in [0.15, 0.2) is 16.3 Å². The van der Waals surface area contributed by atoms with Crippen LogP contribution in [-0.4, -0.2) is 31.4 Å². The van der Waals surface area contributed by atoms with E-state index in [2.05, 4.69) is 11.6 Å². The lowest BCUT2D eigenvalue weighted by Gasteiger charge is -2.24. The molecule has 0 spiro atoms. The standard InChI is InChI=1S/C33H30N2O6S/c1-5-17-40-32(37)29-21(2)34-33-35(30(29)24-12-14-25(38-3)15-13-24)31(36)28(42-33)19-23-11-16-26(27(18-23)39-4)41-20-22-9-7-6-8-10-22/h5-16,18-19,30H,1,17,20H2,2-4H3/b28-19+/t30-/m0/s1. The van der Waals surface area contributed by atoms with Crippen molar-refractivity contribution in [1.82, 2.24) is 4.57 Å². The third-order valence-corrected chi connectivity index (χ3v) is 7.71. The molecule has 0 aliphatic carbocycles. The molecule has 1 aliphatic rings. The van der Waals surface area contributed by atoms with Crippen molar-refractivity contribution in [3.05, 3.63) is 133 Å². The fourth-order valence-electron chi connectivity index (χ4n) is 4.68. The van der Waals surface area contributed by atoms with Crippen LogP contribution in [0.5, 0.6) is 17.2 Å². The van der Waals surface area contributed by atoms with Gasteiger partial charge in [0.05, 0.1) is 36.1 Å². The molecule has 3 aromatic carbocycles. The van der Waals surface area contributed by atoms with Crippen molar-refractivity contribution >= 4 is 23.4 Å². The molecule has 0 fully saturated rings. The Kier molecular flexibility index (Phi) is 8.68. The van der Waals surface area contributed by atoms with Crippen molar-refractivity contribution in [1.29, 1.82) is 0 Å². The van der Waals surface area contributed by atoms with Crippen LogP contribution < -0.4 is 29.1 Å². The monoisotopic (exact) mass is 582 g/mol. The van der Waals surface area contributed by atoms with Crippen molar-refractivity contribution in [3.8, 4) is 17.2 Å². The molecule has 1 atom stereocenters. The largest absolute Gasteiger partial charge is 0.497 e. The average molecular weight is 583 g/mol. The fourth-order valence-corrected chi connectivity index (χ4v) is 5.72. The normalized spacial score (nSPS) is 14.5. The predicted octanol–water partition coefficient (Wildman–Crippen LogP) is 4.56. The smallest absolute Gasteiger partial charge is 0.338 e. The molecule has 214 valence electrons. The van der Waals surface area contributed by atoms with E-state index < -0.39 is 12.0 Å². The van der Waals surface area contributed by atoms with Crippen LogP contribution in [0, 0.1) is 0 Å². The molecule has 0 bridgehead atoms. The van der Waals surface area contributed by atoms with E-state index in [-0.39, 0.29) is 12.2 Å². The van der Waals surface area contributed by atoms with E-state index >= 15 is 0 Å². The lowest BCUT2D eigenvalue weighted by molar-refractivity contribution is -0.138. The summed E-state index contributed by atoms with van der Waals surface area (Å²) in [5.74, 6) is 1.25. The zero-order valence-corrected chi connectivity index (χ0v) is 24.4. The first-order chi connectivity index (χ1) is 20.4. The summed E-state index contributed by atoms with van der Waals surface area (Å²) in [6.45, 7) is 5.81. The molecule has 2 heterocycles. The Balaban J connectivity index is 1.55. The van der Waals surface area contributed by atoms with E-state index in [9.17, 15) is 9.59 Å². The molecule has 8 nitrogen and oxygen atoms in total. The number of methoxy groups -OCH3 is 2. The molecule has 4 aromatic rings. The molecular formula is C33H30N2O6S. The number of fused-ring (bicyclic) bond motifs is 1. The summed E-state index contributed by atoms with van der Waals surface area (Å²) in [5.41, 5.74) is 3.03. The van der Waals surface area contributed by atoms with Gasteiger partial charge in [-0.05, 0) is 54.0 Å². The van der Waals surface area contributed by atoms with Crippen molar-refractivity contribution in [2.75, 3.05) is 20.8 Å². The number of thiazole rings is 1. The van der Waals surface area contributed by atoms with E-state index in [1.807, 2.05) is 60.7 Å². The number of aromatic nitrogens is 1. The van der Waals surface area contributed by atoms with Crippen LogP contribution in [0.2, 0.25) is 0 Å². The zero-order chi connectivity index (χ0) is 29.6. The van der Waals surface area contributed by atoms with Gasteiger partial charge in [-0.1, -0.05) is 72.5 Å². The van der Waals surface area contributed by atoms with Crippen LogP contribution in [0.25, 0.3) is 6.08 Å². The maximum atomic E-state index is 13.9. The summed E-state index contributed by atoms with van der Waals surface area (Å²) in [7, 11) is 3.16. The Morgan fingerprint density at radius 2 is 1.79 bits per heavy atom. The SMILES string of the molecule is C=CCOC(=O)C1=C(C)N=c2s/c(=C/c3ccc(OCc4ccccc4)c(OC)c3)c(=O)n2[C@H]1c1ccc(OC)cc1. The third kappa shape index (κ3) is 5.91. The second-order valence-corrected chi connectivity index (χ2v) is 10.4. The Bertz CT molecular complexity index is 1820. The summed E-state index contributed by atoms with van der Waals surface area (Å²) in [5, 5.41) is 0. The average Bonchev–Trinajstić information content (AvgIpc) is 3.32. The number of ether oxygens (including phenoxy) is 4. The van der Waals surface area contributed by atoms with Gasteiger partial charge < -0.3 is 18.9 Å². The molecule has 0 N–H and O–H groups in total. The maximum Gasteiger partial charge on any atom is 0.338 e. The molecule has 0 saturated heterocycles. The molecule has 0 unspecified atom stereocenters. The zero-order valence-electron chi connectivity index (χ0n) is 23.5. The highest BCUT2D eigenvalue weighted by molar-refractivity contribution is 7.07. The summed E-state index contributed by atoms with van der Waals surface area (Å²) in [6.07, 6.45) is 3.28. The number of benzene rings is 3. The van der Waals surface area contributed by atoms with Gasteiger partial charge in [-0.15, -0.1) is 0 Å². The van der Waals surface area contributed by atoms with Gasteiger partial charge in [0, 0.05) is 0 Å². The van der Waals surface area contributed by atoms with Gasteiger partial charge in [0.25, 0.3) is 5.56 Å². The first kappa shape index (κ1) is 28.6. The summed E-state index contributed by atoms with van der Waals surface area (Å²) >= 11 is 1.25. The van der Waals surface area contributed by atoms with E-state index in [0.29, 0.717) is 44.5 Å². The summed E-state index contributed by atoms with van der Waals surface area (Å²) in [6, 6.07) is 21.9. The lowest BCUT2D eigenvalue weighted by atomic mass is 9.96. The van der Waals surface area contributed by atoms with Crippen LogP contribution in [0.3, 0.4) is 0 Å². The lowest BCUT2D eigenvalue weighted by Crippen LogP contribution is -2.39. The number of hydrogen-bond acceptors (Lipinski definition) is 8. The van der Waals surface area contributed by atoms with Gasteiger partial charge in [0.1, 0.15) is 19.0 Å². The minimum Gasteiger partial charge on any atom is -0.497 e. The van der Waals surface area contributed by atoms with E-state index in [4.69, 9.17) is 18.9 Å². The molecule has 0 amide bonds. The van der Waals surface area contributed by atoms with E-state index in [1.54, 1.807) is 43.9 Å². The molecule has 9 heteroatoms. The predicted molar refractivity (Wildman–Crippen MR) is 162 cm³/mol. The van der Waals surface area contributed by atoms with Gasteiger partial charge in [-0.25, -0.2) is 9.79 Å². The van der Waals surface area contributed by atoms with Crippen LogP contribution in [0.4, 0.5) is 0 Å². The topological polar surface area (TPSA) is 88.4 Å². The minimum absolute atomic E-state index is 0.0439. The first-order valence-electron chi connectivity index (χ1n) is 13.2. The van der Waals surface area contributed by atoms with Crippen LogP contribution in [0.15, 0.2) is 107 Å². The molecule has 42 heavy (non-hydrogen) atoms. The fraction of sp³-hybridized carbons (Fsp3) is 0.182. The van der Waals surface area contributed by atoms with Crippen LogP contribution in [-0.2, 0) is 16.1 Å². The number of esters is 1. The van der Waals surface area contributed by atoms with Gasteiger partial charge in [0.2, 0.25) is 0 Å². The summed E-state index contributed by atoms with van der Waals surface area (Å²) in [4.78, 5) is 32.2. The van der Waals surface area contributed by atoms with Gasteiger partial charge in [-0.2, -0.15) is 0 Å². The van der Waals surface area contributed by atoms with Crippen molar-refractivity contribution in [3.63, 3.8) is 0 Å². The third-order valence-electron chi connectivity index (χ3n) is 6.73. The number of rotatable bonds is 10. The molecule has 1 aromatic heterocycles. The van der Waals surface area contributed by atoms with Crippen LogP contribution >= 0.6 is 11.3 Å². The Labute approximate surface area is 247 Å². The Hall–Kier alpha value is -4.89. The quantitative estimate of drug-likeness (QED) is 0.201. The highest BCUT2D eigenvalue weighted by Gasteiger charge is 2.33. The summed E-state index contributed by atoms with van der Waals surface area (Å²) < 4.78 is 24.3. The Morgan fingerprint density at radius 3 is 2.48 bits per heavy atom. The molecule has 5 rings (SSSR count). The van der Waals surface area contributed by atoms with E-state index in [1.165, 1.54) is 17.4 Å². The minimum atomic E-state index is -0.727. The van der Waals surface area contributed by atoms with Gasteiger partial charge in [-0.3, -0.25) is 9.36 Å². The van der Waals surface area contributed by atoms with Crippen molar-refractivity contribution < 1.29 is 23.7 Å². The number of allylic oxidation sites excluding steroid dienone is 1. The molecule has 0 saturated carbocycles.